The van der Waals surface area contributed by atoms with Crippen LogP contribution < -0.4 is 5.32 Å². The van der Waals surface area contributed by atoms with E-state index in [1.807, 2.05) is 6.07 Å². The van der Waals surface area contributed by atoms with Gasteiger partial charge in [-0.3, -0.25) is 14.4 Å². The third-order valence-electron chi connectivity index (χ3n) is 3.03. The number of aromatic nitrogens is 2. The van der Waals surface area contributed by atoms with Crippen LogP contribution in [0, 0.1) is 0 Å². The molecule has 2 rings (SSSR count). The second-order valence-corrected chi connectivity index (χ2v) is 6.06. The third kappa shape index (κ3) is 5.39. The normalized spacial score (nSPS) is 11.4. The van der Waals surface area contributed by atoms with Crippen LogP contribution in [0.4, 0.5) is 5.82 Å². The van der Waals surface area contributed by atoms with E-state index in [1.165, 1.54) is 6.92 Å². The Balaban J connectivity index is 2.02. The first-order chi connectivity index (χ1) is 12.0. The van der Waals surface area contributed by atoms with Crippen LogP contribution in [-0.2, 0) is 14.3 Å². The first kappa shape index (κ1) is 18.6. The van der Waals surface area contributed by atoms with E-state index in [1.54, 1.807) is 43.3 Å². The van der Waals surface area contributed by atoms with Crippen LogP contribution in [-0.4, -0.2) is 39.7 Å². The molecule has 1 N–H and O–H groups in total. The van der Waals surface area contributed by atoms with Gasteiger partial charge in [0.15, 0.2) is 16.9 Å². The van der Waals surface area contributed by atoms with Crippen molar-refractivity contribution >= 4 is 35.2 Å². The molecule has 0 saturated carbocycles. The highest BCUT2D eigenvalue weighted by molar-refractivity contribution is 8.01. The lowest BCUT2D eigenvalue weighted by molar-refractivity contribution is -0.144. The highest BCUT2D eigenvalue weighted by Gasteiger charge is 2.26. The molecule has 0 spiro atoms. The summed E-state index contributed by atoms with van der Waals surface area (Å²) in [6, 6.07) is 11.8. The first-order valence-corrected chi connectivity index (χ1v) is 8.43. The molecule has 1 atom stereocenters. The lowest BCUT2D eigenvalue weighted by Crippen LogP contribution is -2.27. The van der Waals surface area contributed by atoms with Gasteiger partial charge >= 0.3 is 5.97 Å². The fourth-order valence-electron chi connectivity index (χ4n) is 1.86. The standard InChI is InChI=1S/C17H17N3O4S/c1-3-24-17(23)15(11(2)21)25-14-10-9-13(19-20-14)18-16(22)12-7-5-4-6-8-12/h4-10,15H,3H2,1-2H3,(H,18,19,22). The van der Waals surface area contributed by atoms with Gasteiger partial charge in [-0.1, -0.05) is 30.0 Å². The molecular formula is C17H17N3O4S. The topological polar surface area (TPSA) is 98.2 Å². The number of ketones is 1. The van der Waals surface area contributed by atoms with Crippen molar-refractivity contribution in [3.63, 3.8) is 0 Å². The Hall–Kier alpha value is -2.74. The number of amides is 1. The molecule has 0 aliphatic rings. The molecule has 7 nitrogen and oxygen atoms in total. The van der Waals surface area contributed by atoms with Gasteiger partial charge in [0.25, 0.3) is 5.91 Å². The third-order valence-corrected chi connectivity index (χ3v) is 4.25. The van der Waals surface area contributed by atoms with Gasteiger partial charge in [-0.15, -0.1) is 10.2 Å². The predicted molar refractivity (Wildman–Crippen MR) is 93.4 cm³/mol. The van der Waals surface area contributed by atoms with Crippen molar-refractivity contribution in [1.82, 2.24) is 10.2 Å². The van der Waals surface area contributed by atoms with E-state index in [0.717, 1.165) is 11.8 Å². The Morgan fingerprint density at radius 2 is 1.84 bits per heavy atom. The number of Topliss-reactive ketones (excluding diaryl/α,β-unsaturated/α-hetero) is 1. The van der Waals surface area contributed by atoms with Crippen molar-refractivity contribution in [2.24, 2.45) is 0 Å². The molecule has 1 amide bonds. The summed E-state index contributed by atoms with van der Waals surface area (Å²) in [5.41, 5.74) is 0.502. The van der Waals surface area contributed by atoms with Crippen molar-refractivity contribution in [1.29, 1.82) is 0 Å². The number of nitrogens with one attached hydrogen (secondary N) is 1. The second kappa shape index (κ2) is 8.93. The summed E-state index contributed by atoms with van der Waals surface area (Å²) < 4.78 is 4.88. The van der Waals surface area contributed by atoms with E-state index in [4.69, 9.17) is 4.74 Å². The molecule has 25 heavy (non-hydrogen) atoms. The summed E-state index contributed by atoms with van der Waals surface area (Å²) in [5, 5.41) is 9.84. The molecule has 0 aliphatic heterocycles. The minimum Gasteiger partial charge on any atom is -0.465 e. The van der Waals surface area contributed by atoms with Crippen LogP contribution in [0.5, 0.6) is 0 Å². The van der Waals surface area contributed by atoms with Gasteiger partial charge in [0.1, 0.15) is 5.03 Å². The molecule has 8 heteroatoms. The number of thioether (sulfide) groups is 1. The number of benzene rings is 1. The Kier molecular flexibility index (Phi) is 6.64. The van der Waals surface area contributed by atoms with Gasteiger partial charge in [-0.25, -0.2) is 0 Å². The minimum absolute atomic E-state index is 0.194. The lowest BCUT2D eigenvalue weighted by Gasteiger charge is -2.11. The summed E-state index contributed by atoms with van der Waals surface area (Å²) in [6.07, 6.45) is 0. The van der Waals surface area contributed by atoms with E-state index in [0.29, 0.717) is 10.6 Å². The molecule has 2 aromatic rings. The van der Waals surface area contributed by atoms with Crippen molar-refractivity contribution in [3.8, 4) is 0 Å². The van der Waals surface area contributed by atoms with Crippen molar-refractivity contribution in [2.75, 3.05) is 11.9 Å². The molecule has 1 heterocycles. The van der Waals surface area contributed by atoms with Crippen molar-refractivity contribution in [3.05, 3.63) is 48.0 Å². The Bertz CT molecular complexity index is 750. The second-order valence-electron chi connectivity index (χ2n) is 4.94. The number of esters is 1. The maximum atomic E-state index is 12.0. The number of carbonyl (C=O) groups is 3. The molecule has 0 fully saturated rings. The number of anilines is 1. The largest absolute Gasteiger partial charge is 0.465 e. The fraction of sp³-hybridized carbons (Fsp3) is 0.235. The molecule has 1 aromatic heterocycles. The monoisotopic (exact) mass is 359 g/mol. The average Bonchev–Trinajstić information content (AvgIpc) is 2.61. The Labute approximate surface area is 149 Å². The Morgan fingerprint density at radius 1 is 1.12 bits per heavy atom. The van der Waals surface area contributed by atoms with Gasteiger partial charge < -0.3 is 10.1 Å². The van der Waals surface area contributed by atoms with Gasteiger partial charge in [-0.2, -0.15) is 0 Å². The first-order valence-electron chi connectivity index (χ1n) is 7.55. The highest BCUT2D eigenvalue weighted by Crippen LogP contribution is 2.23. The molecule has 130 valence electrons. The number of hydrogen-bond acceptors (Lipinski definition) is 7. The van der Waals surface area contributed by atoms with E-state index in [9.17, 15) is 14.4 Å². The Morgan fingerprint density at radius 3 is 2.40 bits per heavy atom. The summed E-state index contributed by atoms with van der Waals surface area (Å²) in [7, 11) is 0. The smallest absolute Gasteiger partial charge is 0.327 e. The van der Waals surface area contributed by atoms with Crippen LogP contribution in [0.25, 0.3) is 0 Å². The summed E-state index contributed by atoms with van der Waals surface area (Å²) in [5.74, 6) is -0.966. The summed E-state index contributed by atoms with van der Waals surface area (Å²) >= 11 is 0.958. The maximum absolute atomic E-state index is 12.0. The SMILES string of the molecule is CCOC(=O)C(Sc1ccc(NC(=O)c2ccccc2)nn1)C(C)=O. The van der Waals surface area contributed by atoms with Crippen LogP contribution in [0.15, 0.2) is 47.5 Å². The number of ether oxygens (including phenoxy) is 1. The van der Waals surface area contributed by atoms with E-state index in [-0.39, 0.29) is 24.1 Å². The highest BCUT2D eigenvalue weighted by atomic mass is 32.2. The van der Waals surface area contributed by atoms with Gasteiger partial charge in [0.05, 0.1) is 6.61 Å². The molecule has 0 radical (unpaired) electrons. The van der Waals surface area contributed by atoms with Crippen LogP contribution in [0.2, 0.25) is 0 Å². The predicted octanol–water partition coefficient (Wildman–Crippen LogP) is 2.34. The molecule has 0 bridgehead atoms. The van der Waals surface area contributed by atoms with E-state index in [2.05, 4.69) is 15.5 Å². The average molecular weight is 359 g/mol. The quantitative estimate of drug-likeness (QED) is 0.460. The maximum Gasteiger partial charge on any atom is 0.327 e. The lowest BCUT2D eigenvalue weighted by atomic mass is 10.2. The molecule has 0 aliphatic carbocycles. The van der Waals surface area contributed by atoms with E-state index >= 15 is 0 Å². The minimum atomic E-state index is -0.987. The van der Waals surface area contributed by atoms with Crippen LogP contribution in [0.3, 0.4) is 0 Å². The number of hydrogen-bond donors (Lipinski definition) is 1. The van der Waals surface area contributed by atoms with Crippen molar-refractivity contribution < 1.29 is 19.1 Å². The van der Waals surface area contributed by atoms with Crippen LogP contribution in [0.1, 0.15) is 24.2 Å². The summed E-state index contributed by atoms with van der Waals surface area (Å²) in [4.78, 5) is 35.4. The molecule has 1 unspecified atom stereocenters. The van der Waals surface area contributed by atoms with Gasteiger partial charge in [0.2, 0.25) is 0 Å². The molecular weight excluding hydrogens is 342 g/mol. The van der Waals surface area contributed by atoms with E-state index < -0.39 is 11.2 Å². The number of nitrogens with zero attached hydrogens (tertiary/aromatic N) is 2. The zero-order valence-electron chi connectivity index (χ0n) is 13.8. The van der Waals surface area contributed by atoms with Gasteiger partial charge in [-0.05, 0) is 38.1 Å². The number of carbonyl (C=O) groups excluding carboxylic acids is 3. The molecule has 0 saturated heterocycles. The van der Waals surface area contributed by atoms with Gasteiger partial charge in [0, 0.05) is 5.56 Å². The zero-order chi connectivity index (χ0) is 18.2. The summed E-state index contributed by atoms with van der Waals surface area (Å²) in [6.45, 7) is 3.18. The number of rotatable bonds is 7. The van der Waals surface area contributed by atoms with Crippen LogP contribution >= 0.6 is 11.8 Å². The molecule has 1 aromatic carbocycles. The van der Waals surface area contributed by atoms with Crippen molar-refractivity contribution in [2.45, 2.75) is 24.1 Å². The fourth-order valence-corrected chi connectivity index (χ4v) is 2.67. The zero-order valence-corrected chi connectivity index (χ0v) is 14.6.